The monoisotopic (exact) mass is 314 g/mol. The van der Waals surface area contributed by atoms with Gasteiger partial charge < -0.3 is 9.84 Å². The van der Waals surface area contributed by atoms with Crippen LogP contribution in [0, 0.1) is 10.1 Å². The largest absolute Gasteiger partial charge is 0.477 e. The minimum Gasteiger partial charge on any atom is -0.477 e. The topological polar surface area (TPSA) is 120 Å². The molecular formula is C12H14N2O6S. The molecule has 0 unspecified atom stereocenters. The van der Waals surface area contributed by atoms with Crippen molar-refractivity contribution >= 4 is 29.4 Å². The molecule has 8 nitrogen and oxygen atoms in total. The second kappa shape index (κ2) is 6.53. The number of carboxylic acid groups (broad SMARTS) is 1. The highest BCUT2D eigenvalue weighted by Crippen LogP contribution is 2.27. The zero-order valence-electron chi connectivity index (χ0n) is 11.7. The maximum atomic E-state index is 11.6. The second-order valence-corrected chi connectivity index (χ2v) is 5.92. The van der Waals surface area contributed by atoms with E-state index >= 15 is 0 Å². The Kier molecular flexibility index (Phi) is 5.25. The molecule has 0 aromatic carbocycles. The molecular weight excluding hydrogens is 300 g/mol. The van der Waals surface area contributed by atoms with E-state index < -0.39 is 22.5 Å². The molecule has 0 aliphatic rings. The third-order valence-corrected chi connectivity index (χ3v) is 2.96. The first-order chi connectivity index (χ1) is 9.60. The van der Waals surface area contributed by atoms with Gasteiger partial charge in [-0.05, 0) is 26.8 Å². The van der Waals surface area contributed by atoms with Gasteiger partial charge in [0.25, 0.3) is 0 Å². The molecule has 114 valence electrons. The Morgan fingerprint density at radius 1 is 1.43 bits per heavy atom. The van der Waals surface area contributed by atoms with Crippen molar-refractivity contribution in [2.24, 2.45) is 0 Å². The summed E-state index contributed by atoms with van der Waals surface area (Å²) in [4.78, 5) is 36.3. The molecule has 9 heteroatoms. The van der Waals surface area contributed by atoms with E-state index in [1.54, 1.807) is 20.8 Å². The average Bonchev–Trinajstić information content (AvgIpc) is 2.33. The van der Waals surface area contributed by atoms with E-state index in [-0.39, 0.29) is 22.2 Å². The SMILES string of the molecule is CC(C)(C)OC(=O)CSc1nc(C(=O)O)ccc1[N+](=O)[O-]. The van der Waals surface area contributed by atoms with E-state index in [1.165, 1.54) is 0 Å². The van der Waals surface area contributed by atoms with Crippen molar-refractivity contribution in [1.82, 2.24) is 4.98 Å². The molecule has 1 aromatic heterocycles. The van der Waals surface area contributed by atoms with Crippen LogP contribution in [0.4, 0.5) is 5.69 Å². The number of ether oxygens (including phenoxy) is 1. The van der Waals surface area contributed by atoms with Crippen LogP contribution < -0.4 is 0 Å². The maximum absolute atomic E-state index is 11.6. The zero-order chi connectivity index (χ0) is 16.2. The van der Waals surface area contributed by atoms with Crippen molar-refractivity contribution in [1.29, 1.82) is 0 Å². The molecule has 0 aliphatic carbocycles. The molecule has 0 amide bonds. The molecule has 0 atom stereocenters. The summed E-state index contributed by atoms with van der Waals surface area (Å²) in [5.41, 5.74) is -1.35. The first-order valence-electron chi connectivity index (χ1n) is 5.83. The first kappa shape index (κ1) is 16.9. The number of carbonyl (C=O) groups is 2. The number of aromatic carboxylic acids is 1. The summed E-state index contributed by atoms with van der Waals surface area (Å²) < 4.78 is 5.06. The number of nitro groups is 1. The molecule has 1 rings (SSSR count). The number of carboxylic acids is 1. The van der Waals surface area contributed by atoms with Gasteiger partial charge in [0.1, 0.15) is 11.3 Å². The van der Waals surface area contributed by atoms with Crippen molar-refractivity contribution in [2.45, 2.75) is 31.4 Å². The normalized spacial score (nSPS) is 11.0. The lowest BCUT2D eigenvalue weighted by Crippen LogP contribution is -2.25. The quantitative estimate of drug-likeness (QED) is 0.380. The van der Waals surface area contributed by atoms with Gasteiger partial charge in [-0.1, -0.05) is 11.8 Å². The van der Waals surface area contributed by atoms with Crippen LogP contribution >= 0.6 is 11.8 Å². The van der Waals surface area contributed by atoms with Gasteiger partial charge >= 0.3 is 17.6 Å². The molecule has 1 aromatic rings. The van der Waals surface area contributed by atoms with Gasteiger partial charge in [0.2, 0.25) is 0 Å². The van der Waals surface area contributed by atoms with Gasteiger partial charge in [-0.3, -0.25) is 14.9 Å². The van der Waals surface area contributed by atoms with Gasteiger partial charge in [0.15, 0.2) is 5.03 Å². The van der Waals surface area contributed by atoms with Crippen LogP contribution in [0.1, 0.15) is 31.3 Å². The first-order valence-corrected chi connectivity index (χ1v) is 6.82. The van der Waals surface area contributed by atoms with Crippen molar-refractivity contribution in [3.05, 3.63) is 27.9 Å². The van der Waals surface area contributed by atoms with E-state index in [0.29, 0.717) is 0 Å². The van der Waals surface area contributed by atoms with Crippen LogP contribution in [0.3, 0.4) is 0 Å². The third-order valence-electron chi connectivity index (χ3n) is 2.00. The minimum absolute atomic E-state index is 0.134. The van der Waals surface area contributed by atoms with Crippen molar-refractivity contribution in [3.8, 4) is 0 Å². The Morgan fingerprint density at radius 2 is 2.05 bits per heavy atom. The van der Waals surface area contributed by atoms with Crippen LogP contribution in [-0.2, 0) is 9.53 Å². The minimum atomic E-state index is -1.30. The summed E-state index contributed by atoms with van der Waals surface area (Å²) in [6.07, 6.45) is 0. The van der Waals surface area contributed by atoms with E-state index in [4.69, 9.17) is 9.84 Å². The molecule has 0 fully saturated rings. The Labute approximate surface area is 124 Å². The zero-order valence-corrected chi connectivity index (χ0v) is 12.5. The summed E-state index contributed by atoms with van der Waals surface area (Å²) in [5.74, 6) is -2.07. The summed E-state index contributed by atoms with van der Waals surface area (Å²) in [6, 6.07) is 2.09. The maximum Gasteiger partial charge on any atom is 0.354 e. The number of aromatic nitrogens is 1. The molecule has 1 N–H and O–H groups in total. The van der Waals surface area contributed by atoms with Gasteiger partial charge in [-0.2, -0.15) is 0 Å². The van der Waals surface area contributed by atoms with Crippen molar-refractivity contribution < 1.29 is 24.4 Å². The number of hydrogen-bond acceptors (Lipinski definition) is 7. The van der Waals surface area contributed by atoms with E-state index in [2.05, 4.69) is 4.98 Å². The predicted octanol–water partition coefficient (Wildman–Crippen LogP) is 2.12. The molecule has 1 heterocycles. The number of nitrogens with zero attached hydrogens (tertiary/aromatic N) is 2. The molecule has 0 aliphatic heterocycles. The third kappa shape index (κ3) is 5.38. The van der Waals surface area contributed by atoms with Crippen LogP contribution in [-0.4, -0.2) is 38.3 Å². The highest BCUT2D eigenvalue weighted by atomic mass is 32.2. The lowest BCUT2D eigenvalue weighted by Gasteiger charge is -2.19. The molecule has 0 bridgehead atoms. The molecule has 0 spiro atoms. The van der Waals surface area contributed by atoms with Gasteiger partial charge in [0.05, 0.1) is 10.7 Å². The van der Waals surface area contributed by atoms with Crippen LogP contribution in [0.2, 0.25) is 0 Å². The molecule has 0 saturated heterocycles. The van der Waals surface area contributed by atoms with E-state index in [0.717, 1.165) is 23.9 Å². The molecule has 0 radical (unpaired) electrons. The fourth-order valence-corrected chi connectivity index (χ4v) is 2.06. The standard InChI is InChI=1S/C12H14N2O6S/c1-12(2,3)20-9(15)6-21-10-8(14(18)19)5-4-7(13-10)11(16)17/h4-5H,6H2,1-3H3,(H,16,17). The highest BCUT2D eigenvalue weighted by Gasteiger charge is 2.22. The van der Waals surface area contributed by atoms with Crippen LogP contribution in [0.5, 0.6) is 0 Å². The smallest absolute Gasteiger partial charge is 0.354 e. The van der Waals surface area contributed by atoms with Crippen molar-refractivity contribution in [3.63, 3.8) is 0 Å². The number of esters is 1. The Bertz CT molecular complexity index is 582. The number of rotatable bonds is 5. The Hall–Kier alpha value is -2.16. The second-order valence-electron chi connectivity index (χ2n) is 4.96. The Morgan fingerprint density at radius 3 is 2.52 bits per heavy atom. The fourth-order valence-electron chi connectivity index (χ4n) is 1.30. The van der Waals surface area contributed by atoms with Crippen molar-refractivity contribution in [2.75, 3.05) is 5.75 Å². The summed E-state index contributed by atoms with van der Waals surface area (Å²) in [7, 11) is 0. The van der Waals surface area contributed by atoms with Crippen LogP contribution in [0.25, 0.3) is 0 Å². The predicted molar refractivity (Wildman–Crippen MR) is 74.4 cm³/mol. The Balaban J connectivity index is 2.90. The fraction of sp³-hybridized carbons (Fsp3) is 0.417. The number of hydrogen-bond donors (Lipinski definition) is 1. The lowest BCUT2D eigenvalue weighted by molar-refractivity contribution is -0.388. The number of thioether (sulfide) groups is 1. The average molecular weight is 314 g/mol. The molecule has 0 saturated carbocycles. The van der Waals surface area contributed by atoms with Gasteiger partial charge in [0, 0.05) is 6.07 Å². The van der Waals surface area contributed by atoms with Crippen LogP contribution in [0.15, 0.2) is 17.2 Å². The van der Waals surface area contributed by atoms with Gasteiger partial charge in [-0.25, -0.2) is 9.78 Å². The molecule has 21 heavy (non-hydrogen) atoms. The summed E-state index contributed by atoms with van der Waals surface area (Å²) in [5, 5.41) is 19.6. The summed E-state index contributed by atoms with van der Waals surface area (Å²) >= 11 is 0.765. The van der Waals surface area contributed by atoms with E-state index in [9.17, 15) is 19.7 Å². The number of carbonyl (C=O) groups excluding carboxylic acids is 1. The summed E-state index contributed by atoms with van der Waals surface area (Å²) in [6.45, 7) is 5.09. The highest BCUT2D eigenvalue weighted by molar-refractivity contribution is 8.00. The number of pyridine rings is 1. The lowest BCUT2D eigenvalue weighted by atomic mass is 10.2. The van der Waals surface area contributed by atoms with Gasteiger partial charge in [-0.15, -0.1) is 0 Å². The van der Waals surface area contributed by atoms with E-state index in [1.807, 2.05) is 0 Å².